The second-order valence-electron chi connectivity index (χ2n) is 3.52. The summed E-state index contributed by atoms with van der Waals surface area (Å²) >= 11 is 3.17. The molecule has 1 aliphatic rings. The van der Waals surface area contributed by atoms with Crippen LogP contribution in [0.5, 0.6) is 0 Å². The van der Waals surface area contributed by atoms with E-state index in [1.54, 1.807) is 6.07 Å². The Hall–Kier alpha value is -0.450. The van der Waals surface area contributed by atoms with Gasteiger partial charge in [-0.3, -0.25) is 0 Å². The molecule has 2 nitrogen and oxygen atoms in total. The summed E-state index contributed by atoms with van der Waals surface area (Å²) < 4.78 is 14.1. The van der Waals surface area contributed by atoms with E-state index in [0.29, 0.717) is 22.0 Å². The van der Waals surface area contributed by atoms with Crippen LogP contribution in [0.2, 0.25) is 0 Å². The van der Waals surface area contributed by atoms with Gasteiger partial charge in [0.2, 0.25) is 0 Å². The van der Waals surface area contributed by atoms with Gasteiger partial charge in [-0.1, -0.05) is 15.9 Å². The number of rotatable bonds is 1. The molecule has 1 aromatic rings. The molecule has 0 amide bonds. The fourth-order valence-corrected chi connectivity index (χ4v) is 2.44. The molecule has 0 unspecified atom stereocenters. The third-order valence-corrected chi connectivity index (χ3v) is 3.08. The van der Waals surface area contributed by atoms with Gasteiger partial charge in [-0.2, -0.15) is 0 Å². The van der Waals surface area contributed by atoms with Gasteiger partial charge in [0, 0.05) is 10.4 Å². The molecule has 1 aromatic carbocycles. The molecule has 0 spiro atoms. The number of halogens is 2. The van der Waals surface area contributed by atoms with Gasteiger partial charge in [-0.15, -0.1) is 0 Å². The average molecular weight is 261 g/mol. The Morgan fingerprint density at radius 1 is 1.50 bits per heavy atom. The quantitative estimate of drug-likeness (QED) is 0.812. The van der Waals surface area contributed by atoms with Crippen LogP contribution < -0.4 is 0 Å². The van der Waals surface area contributed by atoms with Gasteiger partial charge >= 0.3 is 0 Å². The first-order valence-electron chi connectivity index (χ1n) is 4.41. The molecule has 2 atom stereocenters. The summed E-state index contributed by atoms with van der Waals surface area (Å²) in [4.78, 5) is 0. The van der Waals surface area contributed by atoms with Crippen LogP contribution in [-0.2, 0) is 0 Å². The third kappa shape index (κ3) is 1.47. The third-order valence-electron chi connectivity index (χ3n) is 2.62. The fourth-order valence-electron chi connectivity index (χ4n) is 1.99. The number of aliphatic hydroxyl groups is 2. The SMILES string of the molecule is OC[C@H]1C[C@H](O)c2cc(Br)cc(F)c21. The van der Waals surface area contributed by atoms with Crippen LogP contribution in [0.25, 0.3) is 0 Å². The van der Waals surface area contributed by atoms with Crippen LogP contribution >= 0.6 is 15.9 Å². The summed E-state index contributed by atoms with van der Waals surface area (Å²) in [6.07, 6.45) is -0.256. The van der Waals surface area contributed by atoms with Gasteiger partial charge in [-0.25, -0.2) is 4.39 Å². The van der Waals surface area contributed by atoms with Crippen molar-refractivity contribution in [1.29, 1.82) is 0 Å². The van der Waals surface area contributed by atoms with Gasteiger partial charge in [-0.05, 0) is 29.7 Å². The van der Waals surface area contributed by atoms with Crippen LogP contribution in [-0.4, -0.2) is 16.8 Å². The van der Waals surface area contributed by atoms with Crippen molar-refractivity contribution in [3.8, 4) is 0 Å². The molecule has 0 saturated carbocycles. The number of fused-ring (bicyclic) bond motifs is 1. The molecule has 0 aliphatic heterocycles. The molecule has 2 rings (SSSR count). The molecule has 0 saturated heterocycles. The maximum Gasteiger partial charge on any atom is 0.128 e. The first kappa shape index (κ1) is 10.1. The molecule has 1 aliphatic carbocycles. The molecular weight excluding hydrogens is 251 g/mol. The summed E-state index contributed by atoms with van der Waals surface area (Å²) in [7, 11) is 0. The number of benzene rings is 1. The van der Waals surface area contributed by atoms with Crippen molar-refractivity contribution in [2.24, 2.45) is 0 Å². The summed E-state index contributed by atoms with van der Waals surface area (Å²) in [5.74, 6) is -0.627. The second kappa shape index (κ2) is 3.61. The minimum atomic E-state index is -0.658. The van der Waals surface area contributed by atoms with Gasteiger partial charge in [0.15, 0.2) is 0 Å². The largest absolute Gasteiger partial charge is 0.396 e. The topological polar surface area (TPSA) is 40.5 Å². The van der Waals surface area contributed by atoms with Gasteiger partial charge in [0.1, 0.15) is 5.82 Å². The molecule has 2 N–H and O–H groups in total. The zero-order chi connectivity index (χ0) is 10.3. The highest BCUT2D eigenvalue weighted by Crippen LogP contribution is 2.42. The van der Waals surface area contributed by atoms with Crippen LogP contribution in [0.4, 0.5) is 4.39 Å². The molecule has 4 heteroatoms. The Kier molecular flexibility index (Phi) is 2.60. The number of hydrogen-bond acceptors (Lipinski definition) is 2. The highest BCUT2D eigenvalue weighted by Gasteiger charge is 2.32. The standard InChI is InChI=1S/C10H10BrFO2/c11-6-2-7-9(14)1-5(4-13)10(7)8(12)3-6/h2-3,5,9,13-14H,1,4H2/t5-,9+/m1/s1. The van der Waals surface area contributed by atoms with Crippen molar-refractivity contribution in [3.05, 3.63) is 33.5 Å². The van der Waals surface area contributed by atoms with E-state index in [0.717, 1.165) is 0 Å². The number of aliphatic hydroxyl groups excluding tert-OH is 2. The van der Waals surface area contributed by atoms with Crippen LogP contribution in [0.15, 0.2) is 16.6 Å². The van der Waals surface area contributed by atoms with Crippen molar-refractivity contribution in [3.63, 3.8) is 0 Å². The summed E-state index contributed by atoms with van der Waals surface area (Å²) in [5, 5.41) is 18.7. The lowest BCUT2D eigenvalue weighted by Crippen LogP contribution is -2.01. The summed E-state index contributed by atoms with van der Waals surface area (Å²) in [5.41, 5.74) is 1.05. The van der Waals surface area contributed by atoms with Crippen molar-refractivity contribution in [2.45, 2.75) is 18.4 Å². The highest BCUT2D eigenvalue weighted by molar-refractivity contribution is 9.10. The monoisotopic (exact) mass is 260 g/mol. The number of hydrogen-bond donors (Lipinski definition) is 2. The average Bonchev–Trinajstić information content (AvgIpc) is 2.43. The van der Waals surface area contributed by atoms with E-state index >= 15 is 0 Å². The van der Waals surface area contributed by atoms with E-state index in [9.17, 15) is 9.50 Å². The summed E-state index contributed by atoms with van der Waals surface area (Å²) in [6.45, 7) is -0.122. The minimum Gasteiger partial charge on any atom is -0.396 e. The van der Waals surface area contributed by atoms with E-state index in [1.807, 2.05) is 0 Å². The molecule has 0 fully saturated rings. The van der Waals surface area contributed by atoms with Crippen LogP contribution in [0.3, 0.4) is 0 Å². The lowest BCUT2D eigenvalue weighted by Gasteiger charge is -2.08. The Morgan fingerprint density at radius 3 is 2.86 bits per heavy atom. The zero-order valence-corrected chi connectivity index (χ0v) is 8.96. The predicted molar refractivity (Wildman–Crippen MR) is 53.5 cm³/mol. The first-order valence-corrected chi connectivity index (χ1v) is 5.20. The minimum absolute atomic E-state index is 0.122. The Balaban J connectivity index is 2.56. The zero-order valence-electron chi connectivity index (χ0n) is 7.37. The molecular formula is C10H10BrFO2. The van der Waals surface area contributed by atoms with Crippen LogP contribution in [0.1, 0.15) is 29.6 Å². The smallest absolute Gasteiger partial charge is 0.128 e. The van der Waals surface area contributed by atoms with Gasteiger partial charge in [0.05, 0.1) is 12.7 Å². The molecule has 0 bridgehead atoms. The first-order chi connectivity index (χ1) is 6.63. The second-order valence-corrected chi connectivity index (χ2v) is 4.44. The maximum atomic E-state index is 13.5. The van der Waals surface area contributed by atoms with E-state index in [1.165, 1.54) is 6.07 Å². The Bertz CT molecular complexity index is 367. The van der Waals surface area contributed by atoms with Crippen molar-refractivity contribution < 1.29 is 14.6 Å². The Morgan fingerprint density at radius 2 is 2.21 bits per heavy atom. The molecule has 0 heterocycles. The Labute approximate surface area is 89.5 Å². The lowest BCUT2D eigenvalue weighted by molar-refractivity contribution is 0.158. The van der Waals surface area contributed by atoms with Crippen molar-refractivity contribution in [1.82, 2.24) is 0 Å². The molecule has 14 heavy (non-hydrogen) atoms. The van der Waals surface area contributed by atoms with E-state index in [-0.39, 0.29) is 18.3 Å². The normalized spacial score (nSPS) is 25.1. The fraction of sp³-hybridized carbons (Fsp3) is 0.400. The highest BCUT2D eigenvalue weighted by atomic mass is 79.9. The van der Waals surface area contributed by atoms with Crippen molar-refractivity contribution >= 4 is 15.9 Å². The van der Waals surface area contributed by atoms with E-state index < -0.39 is 6.10 Å². The van der Waals surface area contributed by atoms with E-state index in [4.69, 9.17) is 5.11 Å². The lowest BCUT2D eigenvalue weighted by atomic mass is 10.0. The molecule has 0 aromatic heterocycles. The van der Waals surface area contributed by atoms with Crippen LogP contribution in [0, 0.1) is 5.82 Å². The molecule has 0 radical (unpaired) electrons. The van der Waals surface area contributed by atoms with Gasteiger partial charge < -0.3 is 10.2 Å². The molecule has 76 valence electrons. The predicted octanol–water partition coefficient (Wildman–Crippen LogP) is 2.10. The maximum absolute atomic E-state index is 13.5. The van der Waals surface area contributed by atoms with Crippen molar-refractivity contribution in [2.75, 3.05) is 6.61 Å². The van der Waals surface area contributed by atoms with Gasteiger partial charge in [0.25, 0.3) is 0 Å². The van der Waals surface area contributed by atoms with E-state index in [2.05, 4.69) is 15.9 Å². The summed E-state index contributed by atoms with van der Waals surface area (Å²) in [6, 6.07) is 3.07.